The summed E-state index contributed by atoms with van der Waals surface area (Å²) in [4.78, 5) is 11.0. The van der Waals surface area contributed by atoms with Crippen LogP contribution in [0.3, 0.4) is 0 Å². The minimum Gasteiger partial charge on any atom is -0.327 e. The van der Waals surface area contributed by atoms with Crippen molar-refractivity contribution in [3.05, 3.63) is 12.7 Å². The zero-order valence-corrected chi connectivity index (χ0v) is 7.18. The predicted molar refractivity (Wildman–Crippen MR) is 47.3 cm³/mol. The number of ketones is 1. The molecular formula is C9H17NO. The summed E-state index contributed by atoms with van der Waals surface area (Å²) in [7, 11) is 0. The fourth-order valence-electron chi connectivity index (χ4n) is 1.01. The minimum atomic E-state index is 0.0486. The summed E-state index contributed by atoms with van der Waals surface area (Å²) in [6.07, 6.45) is 4.56. The number of carbonyl (C=O) groups is 1. The summed E-state index contributed by atoms with van der Waals surface area (Å²) >= 11 is 0. The topological polar surface area (TPSA) is 43.1 Å². The van der Waals surface area contributed by atoms with Crippen molar-refractivity contribution in [1.29, 1.82) is 0 Å². The van der Waals surface area contributed by atoms with Gasteiger partial charge in [0.1, 0.15) is 5.78 Å². The molecular weight excluding hydrogens is 138 g/mol. The van der Waals surface area contributed by atoms with Gasteiger partial charge >= 0.3 is 0 Å². The summed E-state index contributed by atoms with van der Waals surface area (Å²) in [6, 6.07) is 0.0486. The van der Waals surface area contributed by atoms with Crippen molar-refractivity contribution in [3.8, 4) is 0 Å². The average Bonchev–Trinajstić information content (AvgIpc) is 1.87. The van der Waals surface area contributed by atoms with Gasteiger partial charge < -0.3 is 5.73 Å². The molecule has 0 aliphatic heterocycles. The Bertz CT molecular complexity index is 132. The molecule has 0 saturated carbocycles. The summed E-state index contributed by atoms with van der Waals surface area (Å²) in [6.45, 7) is 5.56. The normalized spacial score (nSPS) is 12.5. The molecule has 0 heterocycles. The zero-order chi connectivity index (χ0) is 8.69. The van der Waals surface area contributed by atoms with E-state index in [2.05, 4.69) is 13.5 Å². The van der Waals surface area contributed by atoms with Gasteiger partial charge in [0.15, 0.2) is 0 Å². The molecule has 0 aromatic rings. The van der Waals surface area contributed by atoms with Crippen molar-refractivity contribution in [2.45, 2.75) is 38.6 Å². The largest absolute Gasteiger partial charge is 0.327 e. The van der Waals surface area contributed by atoms with Gasteiger partial charge in [-0.05, 0) is 6.42 Å². The average molecular weight is 155 g/mol. The molecule has 2 heteroatoms. The highest BCUT2D eigenvalue weighted by molar-refractivity contribution is 5.80. The molecule has 0 aliphatic carbocycles. The van der Waals surface area contributed by atoms with Gasteiger partial charge in [-0.3, -0.25) is 4.79 Å². The Kier molecular flexibility index (Phi) is 5.75. The first-order valence-electron chi connectivity index (χ1n) is 4.08. The lowest BCUT2D eigenvalue weighted by Crippen LogP contribution is -2.23. The predicted octanol–water partition coefficient (Wildman–Crippen LogP) is 1.65. The van der Waals surface area contributed by atoms with Crippen LogP contribution in [-0.4, -0.2) is 11.8 Å². The summed E-state index contributed by atoms with van der Waals surface area (Å²) < 4.78 is 0. The Morgan fingerprint density at radius 1 is 1.73 bits per heavy atom. The van der Waals surface area contributed by atoms with Crippen LogP contribution in [0.2, 0.25) is 0 Å². The van der Waals surface area contributed by atoms with Crippen LogP contribution in [0.15, 0.2) is 12.7 Å². The smallest absolute Gasteiger partial charge is 0.138 e. The van der Waals surface area contributed by atoms with Gasteiger partial charge in [-0.2, -0.15) is 0 Å². The van der Waals surface area contributed by atoms with Crippen LogP contribution in [0.1, 0.15) is 32.6 Å². The van der Waals surface area contributed by atoms with Crippen molar-refractivity contribution >= 4 is 5.78 Å². The molecule has 2 N–H and O–H groups in total. The molecule has 0 amide bonds. The maximum Gasteiger partial charge on any atom is 0.138 e. The molecule has 0 aromatic carbocycles. The van der Waals surface area contributed by atoms with E-state index in [0.717, 1.165) is 12.8 Å². The van der Waals surface area contributed by atoms with E-state index in [1.165, 1.54) is 0 Å². The Balaban J connectivity index is 3.48. The quantitative estimate of drug-likeness (QED) is 0.593. The fourth-order valence-corrected chi connectivity index (χ4v) is 1.01. The van der Waals surface area contributed by atoms with Gasteiger partial charge in [0, 0.05) is 18.9 Å². The fraction of sp³-hybridized carbons (Fsp3) is 0.667. The Morgan fingerprint density at radius 2 is 2.36 bits per heavy atom. The molecule has 0 rings (SSSR count). The van der Waals surface area contributed by atoms with Crippen molar-refractivity contribution in [3.63, 3.8) is 0 Å². The number of nitrogens with two attached hydrogens (primary N) is 1. The zero-order valence-electron chi connectivity index (χ0n) is 7.18. The van der Waals surface area contributed by atoms with E-state index in [9.17, 15) is 4.79 Å². The Labute approximate surface area is 68.5 Å². The lowest BCUT2D eigenvalue weighted by Gasteiger charge is -2.07. The van der Waals surface area contributed by atoms with E-state index < -0.39 is 0 Å². The summed E-state index contributed by atoms with van der Waals surface area (Å²) in [5.74, 6) is 0.195. The molecule has 1 unspecified atom stereocenters. The lowest BCUT2D eigenvalue weighted by molar-refractivity contribution is -0.118. The molecule has 11 heavy (non-hydrogen) atoms. The molecule has 2 nitrogen and oxygen atoms in total. The molecule has 1 atom stereocenters. The third-order valence-electron chi connectivity index (χ3n) is 1.52. The van der Waals surface area contributed by atoms with Gasteiger partial charge in [0.25, 0.3) is 0 Å². The molecule has 64 valence electrons. The first kappa shape index (κ1) is 10.4. The van der Waals surface area contributed by atoms with Gasteiger partial charge in [0.2, 0.25) is 0 Å². The van der Waals surface area contributed by atoms with E-state index >= 15 is 0 Å². The van der Waals surface area contributed by atoms with E-state index in [1.54, 1.807) is 6.08 Å². The molecule has 0 spiro atoms. The third-order valence-corrected chi connectivity index (χ3v) is 1.52. The van der Waals surface area contributed by atoms with Crippen LogP contribution in [0.25, 0.3) is 0 Å². The molecule has 0 aliphatic rings. The van der Waals surface area contributed by atoms with Gasteiger partial charge in [0.05, 0.1) is 0 Å². The van der Waals surface area contributed by atoms with E-state index in [0.29, 0.717) is 12.8 Å². The van der Waals surface area contributed by atoms with E-state index in [1.807, 2.05) is 0 Å². The van der Waals surface area contributed by atoms with E-state index in [4.69, 9.17) is 5.73 Å². The lowest BCUT2D eigenvalue weighted by atomic mass is 10.1. The van der Waals surface area contributed by atoms with E-state index in [-0.39, 0.29) is 11.8 Å². The number of rotatable bonds is 6. The highest BCUT2D eigenvalue weighted by Crippen LogP contribution is 2.01. The number of hydrogen-bond donors (Lipinski definition) is 1. The van der Waals surface area contributed by atoms with Gasteiger partial charge in [-0.1, -0.05) is 19.4 Å². The van der Waals surface area contributed by atoms with Crippen LogP contribution in [0.4, 0.5) is 0 Å². The van der Waals surface area contributed by atoms with Crippen LogP contribution >= 0.6 is 0 Å². The van der Waals surface area contributed by atoms with Crippen molar-refractivity contribution in [1.82, 2.24) is 0 Å². The summed E-state index contributed by atoms with van der Waals surface area (Å²) in [5, 5.41) is 0. The Hall–Kier alpha value is -0.630. The van der Waals surface area contributed by atoms with Crippen molar-refractivity contribution in [2.24, 2.45) is 5.73 Å². The maximum atomic E-state index is 11.0. The minimum absolute atomic E-state index is 0.0486. The second-order valence-corrected chi connectivity index (χ2v) is 2.78. The number of hydrogen-bond acceptors (Lipinski definition) is 2. The van der Waals surface area contributed by atoms with Crippen LogP contribution in [0.5, 0.6) is 0 Å². The van der Waals surface area contributed by atoms with Crippen molar-refractivity contribution < 1.29 is 4.79 Å². The first-order valence-corrected chi connectivity index (χ1v) is 4.08. The SMILES string of the molecule is C=CCC(=O)CC(N)CCC. The maximum absolute atomic E-state index is 11.0. The standard InChI is InChI=1S/C9H17NO/c1-3-5-8(10)7-9(11)6-4-2/h4,8H,2-3,5-7,10H2,1H3. The third kappa shape index (κ3) is 5.80. The van der Waals surface area contributed by atoms with Crippen LogP contribution < -0.4 is 5.73 Å². The monoisotopic (exact) mass is 155 g/mol. The second-order valence-electron chi connectivity index (χ2n) is 2.78. The molecule has 0 fully saturated rings. The number of allylic oxidation sites excluding steroid dienone is 1. The van der Waals surface area contributed by atoms with Gasteiger partial charge in [-0.15, -0.1) is 6.58 Å². The van der Waals surface area contributed by atoms with Crippen LogP contribution in [0, 0.1) is 0 Å². The highest BCUT2D eigenvalue weighted by atomic mass is 16.1. The van der Waals surface area contributed by atoms with Crippen molar-refractivity contribution in [2.75, 3.05) is 0 Å². The number of carbonyl (C=O) groups excluding carboxylic acids is 1. The molecule has 0 aromatic heterocycles. The summed E-state index contributed by atoms with van der Waals surface area (Å²) in [5.41, 5.74) is 5.66. The Morgan fingerprint density at radius 3 is 2.82 bits per heavy atom. The highest BCUT2D eigenvalue weighted by Gasteiger charge is 2.06. The second kappa shape index (κ2) is 6.10. The molecule has 0 radical (unpaired) electrons. The first-order chi connectivity index (χ1) is 5.20. The van der Waals surface area contributed by atoms with Gasteiger partial charge in [-0.25, -0.2) is 0 Å². The molecule has 0 bridgehead atoms. The molecule has 0 saturated heterocycles. The number of Topliss-reactive ketones (excluding diaryl/α,β-unsaturated/α-hetero) is 1. The van der Waals surface area contributed by atoms with Crippen LogP contribution in [-0.2, 0) is 4.79 Å².